The summed E-state index contributed by atoms with van der Waals surface area (Å²) in [6.07, 6.45) is 0. The standard InChI is InChI=1S/C17H19BrClN/c1-12(2)15(13-6-4-3-5-7-13)11-20-14-8-9-17(19)16(18)10-14/h3-10,12,15,20H,11H2,1-2H3. The van der Waals surface area contributed by atoms with Gasteiger partial charge in [0.25, 0.3) is 0 Å². The minimum atomic E-state index is 0.491. The highest BCUT2D eigenvalue weighted by Crippen LogP contribution is 2.28. The Hall–Kier alpha value is -0.990. The molecule has 20 heavy (non-hydrogen) atoms. The van der Waals surface area contributed by atoms with E-state index in [1.54, 1.807) is 0 Å². The van der Waals surface area contributed by atoms with Crippen LogP contribution in [0.4, 0.5) is 5.69 Å². The summed E-state index contributed by atoms with van der Waals surface area (Å²) in [7, 11) is 0. The van der Waals surface area contributed by atoms with Crippen LogP contribution >= 0.6 is 27.5 Å². The third-order valence-corrected chi connectivity index (χ3v) is 4.69. The van der Waals surface area contributed by atoms with Crippen molar-refractivity contribution in [3.8, 4) is 0 Å². The second-order valence-corrected chi connectivity index (χ2v) is 6.53. The van der Waals surface area contributed by atoms with Gasteiger partial charge in [-0.1, -0.05) is 55.8 Å². The lowest BCUT2D eigenvalue weighted by molar-refractivity contribution is 0.517. The van der Waals surface area contributed by atoms with Crippen LogP contribution in [0.5, 0.6) is 0 Å². The van der Waals surface area contributed by atoms with E-state index in [2.05, 4.69) is 65.4 Å². The molecule has 0 aliphatic heterocycles. The average molecular weight is 353 g/mol. The molecule has 2 aromatic carbocycles. The summed E-state index contributed by atoms with van der Waals surface area (Å²) in [5.74, 6) is 1.08. The first-order chi connectivity index (χ1) is 9.58. The van der Waals surface area contributed by atoms with Crippen molar-refractivity contribution in [3.05, 3.63) is 63.6 Å². The maximum absolute atomic E-state index is 6.02. The van der Waals surface area contributed by atoms with E-state index < -0.39 is 0 Å². The number of anilines is 1. The van der Waals surface area contributed by atoms with Gasteiger partial charge in [-0.25, -0.2) is 0 Å². The van der Waals surface area contributed by atoms with Gasteiger partial charge in [-0.3, -0.25) is 0 Å². The Morgan fingerprint density at radius 3 is 2.40 bits per heavy atom. The number of nitrogens with one attached hydrogen (secondary N) is 1. The lowest BCUT2D eigenvalue weighted by Crippen LogP contribution is -2.17. The fraction of sp³-hybridized carbons (Fsp3) is 0.294. The number of rotatable bonds is 5. The van der Waals surface area contributed by atoms with Gasteiger partial charge in [0, 0.05) is 22.6 Å². The van der Waals surface area contributed by atoms with Gasteiger partial charge >= 0.3 is 0 Å². The van der Waals surface area contributed by atoms with Crippen LogP contribution < -0.4 is 5.32 Å². The van der Waals surface area contributed by atoms with Crippen molar-refractivity contribution in [2.24, 2.45) is 5.92 Å². The molecular formula is C17H19BrClN. The second kappa shape index (κ2) is 7.14. The Morgan fingerprint density at radius 1 is 1.10 bits per heavy atom. The van der Waals surface area contributed by atoms with Crippen LogP contribution in [0.15, 0.2) is 53.0 Å². The molecule has 0 radical (unpaired) electrons. The first kappa shape index (κ1) is 15.4. The zero-order valence-electron chi connectivity index (χ0n) is 11.7. The predicted molar refractivity (Wildman–Crippen MR) is 91.7 cm³/mol. The largest absolute Gasteiger partial charge is 0.384 e. The van der Waals surface area contributed by atoms with Crippen LogP contribution in [-0.4, -0.2) is 6.54 Å². The van der Waals surface area contributed by atoms with Crippen molar-refractivity contribution in [1.82, 2.24) is 0 Å². The van der Waals surface area contributed by atoms with E-state index in [1.165, 1.54) is 5.56 Å². The third kappa shape index (κ3) is 4.00. The zero-order chi connectivity index (χ0) is 14.5. The molecule has 1 N–H and O–H groups in total. The van der Waals surface area contributed by atoms with Crippen molar-refractivity contribution < 1.29 is 0 Å². The molecule has 1 unspecified atom stereocenters. The monoisotopic (exact) mass is 351 g/mol. The van der Waals surface area contributed by atoms with E-state index >= 15 is 0 Å². The van der Waals surface area contributed by atoms with Gasteiger partial charge in [-0.2, -0.15) is 0 Å². The van der Waals surface area contributed by atoms with Gasteiger partial charge in [-0.05, 0) is 45.6 Å². The molecule has 1 nitrogen and oxygen atoms in total. The van der Waals surface area contributed by atoms with Gasteiger partial charge < -0.3 is 5.32 Å². The Balaban J connectivity index is 2.08. The first-order valence-corrected chi connectivity index (χ1v) is 7.99. The van der Waals surface area contributed by atoms with E-state index in [1.807, 2.05) is 18.2 Å². The van der Waals surface area contributed by atoms with Gasteiger partial charge in [0.05, 0.1) is 5.02 Å². The summed E-state index contributed by atoms with van der Waals surface area (Å²) in [5.41, 5.74) is 2.46. The van der Waals surface area contributed by atoms with E-state index in [0.717, 1.165) is 21.7 Å². The van der Waals surface area contributed by atoms with Crippen LogP contribution in [0.3, 0.4) is 0 Å². The van der Waals surface area contributed by atoms with Crippen molar-refractivity contribution in [2.75, 3.05) is 11.9 Å². The summed E-state index contributed by atoms with van der Waals surface area (Å²) in [5, 5.41) is 4.24. The smallest absolute Gasteiger partial charge is 0.0549 e. The van der Waals surface area contributed by atoms with E-state index in [4.69, 9.17) is 11.6 Å². The number of hydrogen-bond donors (Lipinski definition) is 1. The van der Waals surface area contributed by atoms with Gasteiger partial charge in [0.2, 0.25) is 0 Å². The first-order valence-electron chi connectivity index (χ1n) is 6.82. The highest BCUT2D eigenvalue weighted by Gasteiger charge is 2.15. The fourth-order valence-electron chi connectivity index (χ4n) is 2.27. The van der Waals surface area contributed by atoms with Crippen LogP contribution in [0.25, 0.3) is 0 Å². The number of hydrogen-bond acceptors (Lipinski definition) is 1. The number of halogens is 2. The van der Waals surface area contributed by atoms with Crippen LogP contribution in [-0.2, 0) is 0 Å². The fourth-order valence-corrected chi connectivity index (χ4v) is 2.77. The summed E-state index contributed by atoms with van der Waals surface area (Å²) < 4.78 is 0.921. The molecule has 2 rings (SSSR count). The minimum absolute atomic E-state index is 0.491. The summed E-state index contributed by atoms with van der Waals surface area (Å²) in [4.78, 5) is 0. The van der Waals surface area contributed by atoms with Gasteiger partial charge in [0.15, 0.2) is 0 Å². The average Bonchev–Trinajstić information content (AvgIpc) is 2.44. The quantitative estimate of drug-likeness (QED) is 0.700. The molecule has 0 saturated carbocycles. The van der Waals surface area contributed by atoms with Crippen molar-refractivity contribution >= 4 is 33.2 Å². The van der Waals surface area contributed by atoms with Crippen molar-refractivity contribution in [3.63, 3.8) is 0 Å². The lowest BCUT2D eigenvalue weighted by Gasteiger charge is -2.22. The third-order valence-electron chi connectivity index (χ3n) is 3.48. The molecule has 0 amide bonds. The van der Waals surface area contributed by atoms with Crippen molar-refractivity contribution in [1.29, 1.82) is 0 Å². The Morgan fingerprint density at radius 2 is 1.80 bits per heavy atom. The molecule has 1 atom stereocenters. The topological polar surface area (TPSA) is 12.0 Å². The van der Waals surface area contributed by atoms with Crippen molar-refractivity contribution in [2.45, 2.75) is 19.8 Å². The minimum Gasteiger partial charge on any atom is -0.384 e. The molecular weight excluding hydrogens is 334 g/mol. The van der Waals surface area contributed by atoms with Crippen LogP contribution in [0.1, 0.15) is 25.3 Å². The molecule has 0 spiro atoms. The van der Waals surface area contributed by atoms with Crippen LogP contribution in [0.2, 0.25) is 5.02 Å². The normalized spacial score (nSPS) is 12.4. The highest BCUT2D eigenvalue weighted by molar-refractivity contribution is 9.10. The maximum Gasteiger partial charge on any atom is 0.0549 e. The Labute approximate surface area is 134 Å². The molecule has 0 aliphatic carbocycles. The van der Waals surface area contributed by atoms with Gasteiger partial charge in [-0.15, -0.1) is 0 Å². The Kier molecular flexibility index (Phi) is 5.50. The molecule has 0 aliphatic rings. The lowest BCUT2D eigenvalue weighted by atomic mass is 9.88. The molecule has 0 heterocycles. The van der Waals surface area contributed by atoms with E-state index in [9.17, 15) is 0 Å². The molecule has 0 bridgehead atoms. The summed E-state index contributed by atoms with van der Waals surface area (Å²) in [6.45, 7) is 5.43. The van der Waals surface area contributed by atoms with Crippen LogP contribution in [0, 0.1) is 5.92 Å². The highest BCUT2D eigenvalue weighted by atomic mass is 79.9. The van der Waals surface area contributed by atoms with Gasteiger partial charge in [0.1, 0.15) is 0 Å². The molecule has 0 aromatic heterocycles. The Bertz CT molecular complexity index is 554. The molecule has 106 valence electrons. The summed E-state index contributed by atoms with van der Waals surface area (Å²) in [6, 6.07) is 16.6. The molecule has 2 aromatic rings. The maximum atomic E-state index is 6.02. The number of benzene rings is 2. The molecule has 0 saturated heterocycles. The summed E-state index contributed by atoms with van der Waals surface area (Å²) >= 11 is 9.47. The SMILES string of the molecule is CC(C)C(CNc1ccc(Cl)c(Br)c1)c1ccccc1. The van der Waals surface area contributed by atoms with E-state index in [0.29, 0.717) is 11.8 Å². The second-order valence-electron chi connectivity index (χ2n) is 5.27. The van der Waals surface area contributed by atoms with E-state index in [-0.39, 0.29) is 0 Å². The predicted octanol–water partition coefficient (Wildman–Crippen LogP) is 5.95. The molecule has 0 fully saturated rings. The molecule has 3 heteroatoms. The zero-order valence-corrected chi connectivity index (χ0v) is 14.1.